The molecule has 2 N–H and O–H groups in total. The highest BCUT2D eigenvalue weighted by Crippen LogP contribution is 2.52. The smallest absolute Gasteiger partial charge is 0.00807 e. The number of hydrogen-bond donors (Lipinski definition) is 1. The van der Waals surface area contributed by atoms with Gasteiger partial charge in [0.2, 0.25) is 0 Å². The van der Waals surface area contributed by atoms with Crippen molar-refractivity contribution >= 4 is 0 Å². The summed E-state index contributed by atoms with van der Waals surface area (Å²) < 4.78 is 0. The Hall–Kier alpha value is -0.460. The van der Waals surface area contributed by atoms with Crippen LogP contribution in [-0.2, 0) is 0 Å². The zero-order valence-electron chi connectivity index (χ0n) is 12.1. The minimum Gasteiger partial charge on any atom is -0.402 e. The molecule has 0 aromatic heterocycles. The second-order valence-corrected chi connectivity index (χ2v) is 6.94. The van der Waals surface area contributed by atoms with Crippen molar-refractivity contribution in [3.8, 4) is 0 Å². The van der Waals surface area contributed by atoms with Crippen LogP contribution in [0.25, 0.3) is 0 Å². The molecule has 2 aliphatic rings. The molecule has 3 unspecified atom stereocenters. The van der Waals surface area contributed by atoms with Crippen LogP contribution in [0.3, 0.4) is 0 Å². The molecular weight excluding hydrogens is 206 g/mol. The summed E-state index contributed by atoms with van der Waals surface area (Å²) in [6.45, 7) is 9.72. The fourth-order valence-corrected chi connectivity index (χ4v) is 4.38. The molecule has 0 saturated heterocycles. The summed E-state index contributed by atoms with van der Waals surface area (Å²) in [7, 11) is 0. The van der Waals surface area contributed by atoms with E-state index in [0.29, 0.717) is 11.3 Å². The van der Waals surface area contributed by atoms with Crippen molar-refractivity contribution in [2.75, 3.05) is 0 Å². The topological polar surface area (TPSA) is 26.0 Å². The van der Waals surface area contributed by atoms with Crippen LogP contribution < -0.4 is 5.73 Å². The Morgan fingerprint density at radius 1 is 1.12 bits per heavy atom. The minimum absolute atomic E-state index is 0.377. The van der Waals surface area contributed by atoms with Crippen molar-refractivity contribution in [3.63, 3.8) is 0 Å². The molecule has 2 aliphatic carbocycles. The molecule has 0 aromatic rings. The van der Waals surface area contributed by atoms with E-state index in [-0.39, 0.29) is 0 Å². The fourth-order valence-electron chi connectivity index (χ4n) is 4.38. The summed E-state index contributed by atoms with van der Waals surface area (Å²) in [6.07, 6.45) is 7.88. The van der Waals surface area contributed by atoms with Crippen molar-refractivity contribution in [1.82, 2.24) is 0 Å². The predicted octanol–water partition coefficient (Wildman–Crippen LogP) is 4.48. The third kappa shape index (κ3) is 2.26. The van der Waals surface area contributed by atoms with E-state index in [9.17, 15) is 0 Å². The molecule has 0 aliphatic heterocycles. The Balaban J connectivity index is 2.35. The summed E-state index contributed by atoms with van der Waals surface area (Å²) in [4.78, 5) is 0. The van der Waals surface area contributed by atoms with Gasteiger partial charge in [-0.2, -0.15) is 0 Å². The summed E-state index contributed by atoms with van der Waals surface area (Å²) in [5, 5.41) is 0. The van der Waals surface area contributed by atoms with Gasteiger partial charge in [-0.3, -0.25) is 0 Å². The van der Waals surface area contributed by atoms with Crippen molar-refractivity contribution in [3.05, 3.63) is 11.3 Å². The Bertz CT molecular complexity index is 317. The lowest BCUT2D eigenvalue weighted by Crippen LogP contribution is -2.38. The van der Waals surface area contributed by atoms with E-state index in [1.165, 1.54) is 37.8 Å². The quantitative estimate of drug-likeness (QED) is 0.712. The van der Waals surface area contributed by atoms with Crippen LogP contribution >= 0.6 is 0 Å². The van der Waals surface area contributed by atoms with Gasteiger partial charge in [0.15, 0.2) is 0 Å². The average molecular weight is 235 g/mol. The first-order valence-electron chi connectivity index (χ1n) is 7.44. The minimum atomic E-state index is 0.377. The Kier molecular flexibility index (Phi) is 3.56. The summed E-state index contributed by atoms with van der Waals surface area (Å²) in [5.41, 5.74) is 9.61. The first-order chi connectivity index (χ1) is 7.95. The first-order valence-corrected chi connectivity index (χ1v) is 7.44. The lowest BCUT2D eigenvalue weighted by Gasteiger charge is -2.48. The third-order valence-electron chi connectivity index (χ3n) is 5.49. The first kappa shape index (κ1) is 13.0. The van der Waals surface area contributed by atoms with Gasteiger partial charge in [-0.15, -0.1) is 0 Å². The molecule has 0 amide bonds. The monoisotopic (exact) mass is 235 g/mol. The van der Waals surface area contributed by atoms with Crippen LogP contribution in [0.2, 0.25) is 0 Å². The fraction of sp³-hybridized carbons (Fsp3) is 0.875. The maximum Gasteiger partial charge on any atom is 0.00807 e. The second-order valence-electron chi connectivity index (χ2n) is 6.94. The molecule has 98 valence electrons. The molecule has 1 saturated carbocycles. The number of hydrogen-bond acceptors (Lipinski definition) is 1. The summed E-state index contributed by atoms with van der Waals surface area (Å²) >= 11 is 0. The van der Waals surface area contributed by atoms with Gasteiger partial charge in [-0.25, -0.2) is 0 Å². The van der Waals surface area contributed by atoms with Crippen molar-refractivity contribution in [1.29, 1.82) is 0 Å². The van der Waals surface area contributed by atoms with E-state index in [1.54, 1.807) is 5.57 Å². The van der Waals surface area contributed by atoms with Crippen LogP contribution in [0, 0.1) is 23.2 Å². The van der Waals surface area contributed by atoms with Crippen LogP contribution in [0.1, 0.15) is 66.2 Å². The molecule has 0 spiro atoms. The lowest BCUT2D eigenvalue weighted by molar-refractivity contribution is 0.116. The van der Waals surface area contributed by atoms with Crippen molar-refractivity contribution in [2.24, 2.45) is 28.9 Å². The highest BCUT2D eigenvalue weighted by atomic mass is 14.6. The highest BCUT2D eigenvalue weighted by molar-refractivity contribution is 5.26. The molecule has 2 rings (SSSR count). The highest BCUT2D eigenvalue weighted by Gasteiger charge is 2.42. The Morgan fingerprint density at radius 2 is 1.82 bits per heavy atom. The number of nitrogens with two attached hydrogens (primary N) is 1. The van der Waals surface area contributed by atoms with Crippen LogP contribution in [-0.4, -0.2) is 0 Å². The van der Waals surface area contributed by atoms with E-state index in [4.69, 9.17) is 5.73 Å². The van der Waals surface area contributed by atoms with E-state index < -0.39 is 0 Å². The largest absolute Gasteiger partial charge is 0.402 e. The summed E-state index contributed by atoms with van der Waals surface area (Å²) in [5.74, 6) is 2.37. The predicted molar refractivity (Wildman–Crippen MR) is 74.5 cm³/mol. The molecule has 0 heterocycles. The average Bonchev–Trinajstić information content (AvgIpc) is 2.23. The normalized spacial score (nSPS) is 43.9. The van der Waals surface area contributed by atoms with Gasteiger partial charge < -0.3 is 5.73 Å². The SMILES string of the molecule is CC1CCCC(N)=C1C1(C)C[C@@H](C)CCC1C. The van der Waals surface area contributed by atoms with Crippen molar-refractivity contribution < 1.29 is 0 Å². The standard InChI is InChI=1S/C16H29N/c1-11-8-9-13(3)16(4,10-11)15-12(2)6-5-7-14(15)17/h11-13H,5-10,17H2,1-4H3/t11-,12?,13?,16?/m0/s1. The van der Waals surface area contributed by atoms with E-state index >= 15 is 0 Å². The van der Waals surface area contributed by atoms with Gasteiger partial charge in [-0.05, 0) is 60.8 Å². The van der Waals surface area contributed by atoms with E-state index in [2.05, 4.69) is 27.7 Å². The molecular formula is C16H29N. The summed E-state index contributed by atoms with van der Waals surface area (Å²) in [6, 6.07) is 0. The van der Waals surface area contributed by atoms with Crippen LogP contribution in [0.15, 0.2) is 11.3 Å². The molecule has 0 aromatic carbocycles. The van der Waals surface area contributed by atoms with Gasteiger partial charge >= 0.3 is 0 Å². The van der Waals surface area contributed by atoms with Crippen molar-refractivity contribution in [2.45, 2.75) is 66.2 Å². The molecule has 1 heteroatoms. The number of rotatable bonds is 1. The maximum atomic E-state index is 6.37. The van der Waals surface area contributed by atoms with E-state index in [1.807, 2.05) is 0 Å². The van der Waals surface area contributed by atoms with Gasteiger partial charge in [0.25, 0.3) is 0 Å². The number of allylic oxidation sites excluding steroid dienone is 2. The van der Waals surface area contributed by atoms with Crippen LogP contribution in [0.4, 0.5) is 0 Å². The Labute approximate surface area is 107 Å². The lowest BCUT2D eigenvalue weighted by atomic mass is 9.57. The Morgan fingerprint density at radius 3 is 2.47 bits per heavy atom. The molecule has 0 radical (unpaired) electrons. The maximum absolute atomic E-state index is 6.37. The van der Waals surface area contributed by atoms with Gasteiger partial charge in [0, 0.05) is 5.70 Å². The zero-order chi connectivity index (χ0) is 12.6. The second kappa shape index (κ2) is 4.66. The molecule has 1 nitrogen and oxygen atoms in total. The molecule has 17 heavy (non-hydrogen) atoms. The zero-order valence-corrected chi connectivity index (χ0v) is 12.1. The van der Waals surface area contributed by atoms with Crippen LogP contribution in [0.5, 0.6) is 0 Å². The van der Waals surface area contributed by atoms with Gasteiger partial charge in [0.05, 0.1) is 0 Å². The molecule has 4 atom stereocenters. The third-order valence-corrected chi connectivity index (χ3v) is 5.49. The van der Waals surface area contributed by atoms with E-state index in [0.717, 1.165) is 18.3 Å². The van der Waals surface area contributed by atoms with Gasteiger partial charge in [-0.1, -0.05) is 34.1 Å². The van der Waals surface area contributed by atoms with Gasteiger partial charge in [0.1, 0.15) is 0 Å². The molecule has 0 bridgehead atoms. The molecule has 1 fully saturated rings.